The van der Waals surface area contributed by atoms with Crippen LogP contribution in [-0.2, 0) is 10.0 Å². The summed E-state index contributed by atoms with van der Waals surface area (Å²) in [6.45, 7) is 0. The van der Waals surface area contributed by atoms with Crippen molar-refractivity contribution in [2.24, 2.45) is 0 Å². The Kier molecular flexibility index (Phi) is 6.03. The number of sulfonamides is 1. The van der Waals surface area contributed by atoms with Gasteiger partial charge in [0.2, 0.25) is 0 Å². The second kappa shape index (κ2) is 8.66. The van der Waals surface area contributed by atoms with Crippen LogP contribution in [0.25, 0.3) is 0 Å². The maximum atomic E-state index is 12.9. The normalized spacial score (nSPS) is 10.8. The molecule has 0 aliphatic heterocycles. The van der Waals surface area contributed by atoms with Gasteiger partial charge in [-0.2, -0.15) is 0 Å². The molecule has 3 N–H and O–H groups in total. The molecule has 0 atom stereocenters. The van der Waals surface area contributed by atoms with E-state index in [1.54, 1.807) is 42.5 Å². The van der Waals surface area contributed by atoms with E-state index < -0.39 is 21.8 Å². The molecule has 0 spiro atoms. The van der Waals surface area contributed by atoms with E-state index in [2.05, 4.69) is 10.9 Å². The number of amides is 2. The fourth-order valence-corrected chi connectivity index (χ4v) is 3.89. The molecule has 0 aromatic heterocycles. The summed E-state index contributed by atoms with van der Waals surface area (Å²) in [6, 6.07) is 19.8. The fourth-order valence-electron chi connectivity index (χ4n) is 2.65. The van der Waals surface area contributed by atoms with Crippen LogP contribution >= 0.6 is 0 Å². The van der Waals surface area contributed by atoms with Crippen molar-refractivity contribution >= 4 is 27.5 Å². The van der Waals surface area contributed by atoms with Gasteiger partial charge < -0.3 is 5.11 Å². The van der Waals surface area contributed by atoms with Crippen molar-refractivity contribution in [1.82, 2.24) is 10.9 Å². The number of benzene rings is 3. The lowest BCUT2D eigenvalue weighted by Crippen LogP contribution is -2.41. The number of carbonyl (C=O) groups is 2. The number of aromatic hydroxyl groups is 1. The Morgan fingerprint density at radius 3 is 2.17 bits per heavy atom. The molecule has 2 amide bonds. The topological polar surface area (TPSA) is 116 Å². The maximum absolute atomic E-state index is 12.9. The largest absolute Gasteiger partial charge is 0.507 e. The molecule has 3 aromatic rings. The number of carbonyl (C=O) groups excluding carboxylic acids is 2. The number of nitrogens with one attached hydrogen (secondary N) is 2. The Hall–Kier alpha value is -3.85. The number of phenols is 1. The molecule has 30 heavy (non-hydrogen) atoms. The van der Waals surface area contributed by atoms with Crippen molar-refractivity contribution in [2.45, 2.75) is 4.90 Å². The third-order valence-electron chi connectivity index (χ3n) is 4.31. The monoisotopic (exact) mass is 425 g/mol. The summed E-state index contributed by atoms with van der Waals surface area (Å²) in [5.41, 5.74) is 4.89. The van der Waals surface area contributed by atoms with Crippen molar-refractivity contribution in [3.63, 3.8) is 0 Å². The highest BCUT2D eigenvalue weighted by Gasteiger charge is 2.22. The van der Waals surface area contributed by atoms with E-state index in [1.165, 1.54) is 43.4 Å². The van der Waals surface area contributed by atoms with Crippen molar-refractivity contribution in [1.29, 1.82) is 0 Å². The molecule has 0 radical (unpaired) electrons. The molecule has 9 heteroatoms. The first-order valence-corrected chi connectivity index (χ1v) is 10.3. The molecule has 154 valence electrons. The van der Waals surface area contributed by atoms with Gasteiger partial charge in [0.05, 0.1) is 16.1 Å². The quantitative estimate of drug-likeness (QED) is 0.543. The summed E-state index contributed by atoms with van der Waals surface area (Å²) >= 11 is 0. The van der Waals surface area contributed by atoms with Gasteiger partial charge in [0.25, 0.3) is 21.8 Å². The Morgan fingerprint density at radius 2 is 1.47 bits per heavy atom. The van der Waals surface area contributed by atoms with Crippen molar-refractivity contribution < 1.29 is 23.1 Å². The predicted octanol–water partition coefficient (Wildman–Crippen LogP) is 2.29. The highest BCUT2D eigenvalue weighted by molar-refractivity contribution is 7.92. The van der Waals surface area contributed by atoms with E-state index in [1.807, 2.05) is 0 Å². The Balaban J connectivity index is 1.75. The van der Waals surface area contributed by atoms with Crippen molar-refractivity contribution in [2.75, 3.05) is 11.4 Å². The fraction of sp³-hybridized carbons (Fsp3) is 0.0476. The van der Waals surface area contributed by atoms with Crippen molar-refractivity contribution in [3.8, 4) is 5.75 Å². The van der Waals surface area contributed by atoms with Crippen LogP contribution in [0.4, 0.5) is 5.69 Å². The summed E-state index contributed by atoms with van der Waals surface area (Å²) in [5.74, 6) is -1.66. The van der Waals surface area contributed by atoms with E-state index in [0.717, 1.165) is 4.31 Å². The predicted molar refractivity (Wildman–Crippen MR) is 112 cm³/mol. The average molecular weight is 425 g/mol. The minimum Gasteiger partial charge on any atom is -0.507 e. The Bertz CT molecular complexity index is 1180. The van der Waals surface area contributed by atoms with Gasteiger partial charge >= 0.3 is 0 Å². The molecule has 0 bridgehead atoms. The number of phenolic OH excluding ortho intramolecular Hbond substituents is 1. The Morgan fingerprint density at radius 1 is 0.833 bits per heavy atom. The molecule has 3 aromatic carbocycles. The average Bonchev–Trinajstić information content (AvgIpc) is 2.77. The van der Waals surface area contributed by atoms with E-state index in [4.69, 9.17) is 0 Å². The molecule has 0 aliphatic carbocycles. The number of nitrogens with zero attached hydrogens (tertiary/aromatic N) is 1. The molecule has 0 saturated heterocycles. The number of anilines is 1. The molecular weight excluding hydrogens is 406 g/mol. The van der Waals surface area contributed by atoms with Gasteiger partial charge in [0.15, 0.2) is 0 Å². The molecule has 0 aliphatic rings. The number of hydrogen-bond donors (Lipinski definition) is 3. The molecule has 8 nitrogen and oxygen atoms in total. The van der Waals surface area contributed by atoms with Crippen LogP contribution in [0.15, 0.2) is 83.8 Å². The van der Waals surface area contributed by atoms with Crippen LogP contribution in [-0.4, -0.2) is 32.4 Å². The zero-order chi connectivity index (χ0) is 21.7. The van der Waals surface area contributed by atoms with Gasteiger partial charge in [-0.1, -0.05) is 36.4 Å². The number of hydrazine groups is 1. The zero-order valence-electron chi connectivity index (χ0n) is 15.9. The first-order valence-electron chi connectivity index (χ1n) is 8.83. The summed E-state index contributed by atoms with van der Waals surface area (Å²) in [6.07, 6.45) is 0. The highest BCUT2D eigenvalue weighted by Crippen LogP contribution is 2.22. The van der Waals surface area contributed by atoms with Crippen LogP contribution in [0, 0.1) is 0 Å². The summed E-state index contributed by atoms with van der Waals surface area (Å²) in [7, 11) is -2.47. The highest BCUT2D eigenvalue weighted by atomic mass is 32.2. The summed E-state index contributed by atoms with van der Waals surface area (Å²) in [5, 5.41) is 9.69. The second-order valence-corrected chi connectivity index (χ2v) is 8.23. The zero-order valence-corrected chi connectivity index (χ0v) is 16.8. The van der Waals surface area contributed by atoms with Gasteiger partial charge in [0.1, 0.15) is 5.75 Å². The van der Waals surface area contributed by atoms with E-state index in [9.17, 15) is 23.1 Å². The van der Waals surface area contributed by atoms with Gasteiger partial charge in [-0.05, 0) is 42.5 Å². The lowest BCUT2D eigenvalue weighted by molar-refractivity contribution is 0.0845. The SMILES string of the molecule is CN(c1ccccc1)S(=O)(=O)c1cccc(C(=O)NNC(=O)c2ccccc2O)c1. The molecule has 0 saturated carbocycles. The van der Waals surface area contributed by atoms with Crippen LogP contribution < -0.4 is 15.2 Å². The van der Waals surface area contributed by atoms with E-state index in [0.29, 0.717) is 5.69 Å². The number of hydrogen-bond acceptors (Lipinski definition) is 5. The van der Waals surface area contributed by atoms with Gasteiger partial charge in [-0.15, -0.1) is 0 Å². The van der Waals surface area contributed by atoms with Crippen LogP contribution in [0.3, 0.4) is 0 Å². The lowest BCUT2D eigenvalue weighted by Gasteiger charge is -2.19. The second-order valence-electron chi connectivity index (χ2n) is 6.26. The maximum Gasteiger partial charge on any atom is 0.273 e. The van der Waals surface area contributed by atoms with Crippen LogP contribution in [0.1, 0.15) is 20.7 Å². The van der Waals surface area contributed by atoms with Gasteiger partial charge in [-0.3, -0.25) is 24.7 Å². The van der Waals surface area contributed by atoms with Gasteiger partial charge in [-0.25, -0.2) is 8.42 Å². The third-order valence-corrected chi connectivity index (χ3v) is 6.09. The Labute approximate surface area is 173 Å². The molecule has 3 rings (SSSR count). The van der Waals surface area contributed by atoms with E-state index >= 15 is 0 Å². The van der Waals surface area contributed by atoms with Crippen molar-refractivity contribution in [3.05, 3.63) is 90.0 Å². The smallest absolute Gasteiger partial charge is 0.273 e. The van der Waals surface area contributed by atoms with Gasteiger partial charge in [0, 0.05) is 12.6 Å². The third kappa shape index (κ3) is 4.41. The standard InChI is InChI=1S/C21H19N3O5S/c1-24(16-9-3-2-4-10-16)30(28,29)17-11-7-8-15(14-17)20(26)22-23-21(27)18-12-5-6-13-19(18)25/h2-14,25H,1H3,(H,22,26)(H,23,27). The molecular formula is C21H19N3O5S. The number of para-hydroxylation sites is 2. The van der Waals surface area contributed by atoms with E-state index in [-0.39, 0.29) is 21.8 Å². The molecule has 0 unspecified atom stereocenters. The molecule has 0 fully saturated rings. The first-order chi connectivity index (χ1) is 14.3. The summed E-state index contributed by atoms with van der Waals surface area (Å²) in [4.78, 5) is 24.4. The lowest BCUT2D eigenvalue weighted by atomic mass is 10.2. The minimum absolute atomic E-state index is 0.0152. The number of rotatable bonds is 5. The minimum atomic E-state index is -3.90. The van der Waals surface area contributed by atoms with Crippen LogP contribution in [0.2, 0.25) is 0 Å². The van der Waals surface area contributed by atoms with Crippen LogP contribution in [0.5, 0.6) is 5.75 Å². The summed E-state index contributed by atoms with van der Waals surface area (Å²) < 4.78 is 26.9. The first kappa shape index (κ1) is 20.9. The molecule has 0 heterocycles.